The molecule has 6 heteroatoms. The maximum absolute atomic E-state index is 11.1. The van der Waals surface area contributed by atoms with E-state index < -0.39 is 10.1 Å². The molecule has 0 aliphatic heterocycles. The number of allylic oxidation sites excluding steroid dienone is 2. The van der Waals surface area contributed by atoms with Crippen LogP contribution in [0.4, 0.5) is 0 Å². The Kier molecular flexibility index (Phi) is 17.2. The van der Waals surface area contributed by atoms with Crippen molar-refractivity contribution >= 4 is 39.7 Å². The van der Waals surface area contributed by atoms with Crippen molar-refractivity contribution in [2.24, 2.45) is 0 Å². The Balaban J connectivity index is 0.00000784. The second-order valence-corrected chi connectivity index (χ2v) is 8.86. The standard InChI is InChI=1S/C23H38O4S.Na.H/c1-3-5-7-8-9-10-11-12-14-16-21(15-13-6-4-2)27-22-17-19-23(20-18-22)28(24,25)26;;/h15,17-20H,3-14,16H2,1-2H3,(H,24,25,26);;. The first-order valence-corrected chi connectivity index (χ1v) is 12.4. The van der Waals surface area contributed by atoms with E-state index in [1.165, 1.54) is 63.5 Å². The SMILES string of the molecule is CCCCC=C(CCCCCCCCCCC)Oc1ccc(S(=O)(=O)O)cc1.[NaH]. The van der Waals surface area contributed by atoms with E-state index in [-0.39, 0.29) is 34.5 Å². The van der Waals surface area contributed by atoms with Crippen molar-refractivity contribution in [3.63, 3.8) is 0 Å². The molecule has 0 aromatic heterocycles. The summed E-state index contributed by atoms with van der Waals surface area (Å²) in [5.41, 5.74) is 0. The first kappa shape index (κ1) is 28.7. The van der Waals surface area contributed by atoms with Crippen LogP contribution in [0.5, 0.6) is 5.75 Å². The third-order valence-corrected chi connectivity index (χ3v) is 5.69. The monoisotopic (exact) mass is 434 g/mol. The topological polar surface area (TPSA) is 63.6 Å². The second-order valence-electron chi connectivity index (χ2n) is 7.44. The van der Waals surface area contributed by atoms with Crippen LogP contribution in [0.25, 0.3) is 0 Å². The third kappa shape index (κ3) is 14.3. The van der Waals surface area contributed by atoms with E-state index in [1.807, 2.05) is 0 Å². The number of unbranched alkanes of at least 4 members (excludes halogenated alkanes) is 10. The van der Waals surface area contributed by atoms with Gasteiger partial charge in [0.1, 0.15) is 11.5 Å². The molecular weight excluding hydrogens is 395 g/mol. The fourth-order valence-electron chi connectivity index (χ4n) is 3.10. The van der Waals surface area contributed by atoms with Crippen LogP contribution < -0.4 is 4.74 Å². The summed E-state index contributed by atoms with van der Waals surface area (Å²) < 4.78 is 37.3. The minimum atomic E-state index is -4.17. The summed E-state index contributed by atoms with van der Waals surface area (Å²) in [6.07, 6.45) is 18.0. The molecule has 0 bridgehead atoms. The zero-order chi connectivity index (χ0) is 20.7. The van der Waals surface area contributed by atoms with Crippen molar-refractivity contribution in [2.45, 2.75) is 102 Å². The molecule has 29 heavy (non-hydrogen) atoms. The number of ether oxygens (including phenoxy) is 1. The predicted molar refractivity (Wildman–Crippen MR) is 123 cm³/mol. The fraction of sp³-hybridized carbons (Fsp3) is 0.652. The van der Waals surface area contributed by atoms with E-state index >= 15 is 0 Å². The molecule has 0 spiro atoms. The van der Waals surface area contributed by atoms with E-state index in [1.54, 1.807) is 12.1 Å². The molecule has 0 saturated carbocycles. The molecular formula is C23H39NaO4S. The molecule has 0 heterocycles. The molecule has 4 nitrogen and oxygen atoms in total. The summed E-state index contributed by atoms with van der Waals surface area (Å²) in [6, 6.07) is 5.92. The van der Waals surface area contributed by atoms with Gasteiger partial charge in [-0.2, -0.15) is 8.42 Å². The molecule has 162 valence electrons. The van der Waals surface area contributed by atoms with Gasteiger partial charge in [0.15, 0.2) is 0 Å². The van der Waals surface area contributed by atoms with Crippen LogP contribution in [0, 0.1) is 0 Å². The predicted octanol–water partition coefficient (Wildman–Crippen LogP) is 6.66. The summed E-state index contributed by atoms with van der Waals surface area (Å²) in [4.78, 5) is -0.115. The fourth-order valence-corrected chi connectivity index (χ4v) is 3.58. The van der Waals surface area contributed by atoms with Crippen molar-refractivity contribution < 1.29 is 17.7 Å². The zero-order valence-corrected chi connectivity index (χ0v) is 18.5. The summed E-state index contributed by atoms with van der Waals surface area (Å²) >= 11 is 0. The average molecular weight is 435 g/mol. The molecule has 0 radical (unpaired) electrons. The van der Waals surface area contributed by atoms with Crippen molar-refractivity contribution in [1.29, 1.82) is 0 Å². The van der Waals surface area contributed by atoms with Gasteiger partial charge in [-0.3, -0.25) is 4.55 Å². The summed E-state index contributed by atoms with van der Waals surface area (Å²) in [5.74, 6) is 1.56. The van der Waals surface area contributed by atoms with Gasteiger partial charge in [0.2, 0.25) is 0 Å². The van der Waals surface area contributed by atoms with E-state index in [2.05, 4.69) is 19.9 Å². The van der Waals surface area contributed by atoms with Crippen LogP contribution in [0.1, 0.15) is 97.3 Å². The Morgan fingerprint density at radius 1 is 0.862 bits per heavy atom. The van der Waals surface area contributed by atoms with Gasteiger partial charge in [-0.25, -0.2) is 0 Å². The normalized spacial score (nSPS) is 11.9. The first-order valence-electron chi connectivity index (χ1n) is 10.9. The molecule has 0 aliphatic carbocycles. The number of hydrogen-bond acceptors (Lipinski definition) is 3. The van der Waals surface area contributed by atoms with Gasteiger partial charge in [0, 0.05) is 6.42 Å². The maximum atomic E-state index is 11.1. The summed E-state index contributed by atoms with van der Waals surface area (Å²) in [7, 11) is -4.17. The molecule has 0 unspecified atom stereocenters. The van der Waals surface area contributed by atoms with Gasteiger partial charge in [-0.05, 0) is 49.6 Å². The first-order chi connectivity index (χ1) is 13.5. The zero-order valence-electron chi connectivity index (χ0n) is 17.7. The Bertz CT molecular complexity index is 654. The third-order valence-electron chi connectivity index (χ3n) is 4.83. The van der Waals surface area contributed by atoms with Crippen molar-refractivity contribution in [1.82, 2.24) is 0 Å². The molecule has 1 aromatic rings. The van der Waals surface area contributed by atoms with Crippen LogP contribution in [0.2, 0.25) is 0 Å². The Morgan fingerprint density at radius 2 is 1.38 bits per heavy atom. The van der Waals surface area contributed by atoms with E-state index in [0.29, 0.717) is 5.75 Å². The summed E-state index contributed by atoms with van der Waals surface area (Å²) in [6.45, 7) is 4.42. The van der Waals surface area contributed by atoms with Crippen LogP contribution in [0.3, 0.4) is 0 Å². The molecule has 0 fully saturated rings. The van der Waals surface area contributed by atoms with Gasteiger partial charge in [0.25, 0.3) is 10.1 Å². The van der Waals surface area contributed by atoms with Crippen molar-refractivity contribution in [2.75, 3.05) is 0 Å². The van der Waals surface area contributed by atoms with Crippen molar-refractivity contribution in [3.8, 4) is 5.75 Å². The molecule has 1 N–H and O–H groups in total. The Hall–Kier alpha value is -0.330. The van der Waals surface area contributed by atoms with Crippen LogP contribution in [0.15, 0.2) is 41.0 Å². The van der Waals surface area contributed by atoms with E-state index in [0.717, 1.165) is 37.9 Å². The molecule has 0 amide bonds. The van der Waals surface area contributed by atoms with E-state index in [4.69, 9.17) is 9.29 Å². The van der Waals surface area contributed by atoms with E-state index in [9.17, 15) is 8.42 Å². The molecule has 0 saturated heterocycles. The number of benzene rings is 1. The van der Waals surface area contributed by atoms with Gasteiger partial charge >= 0.3 is 29.6 Å². The molecule has 0 aliphatic rings. The van der Waals surface area contributed by atoms with Crippen molar-refractivity contribution in [3.05, 3.63) is 36.1 Å². The van der Waals surface area contributed by atoms with Gasteiger partial charge in [-0.15, -0.1) is 0 Å². The average Bonchev–Trinajstić information content (AvgIpc) is 2.66. The quantitative estimate of drug-likeness (QED) is 0.137. The van der Waals surface area contributed by atoms with Gasteiger partial charge in [0.05, 0.1) is 4.90 Å². The van der Waals surface area contributed by atoms with Gasteiger partial charge < -0.3 is 4.74 Å². The molecule has 1 rings (SSSR count). The molecule has 1 aromatic carbocycles. The van der Waals surface area contributed by atoms with Crippen LogP contribution >= 0.6 is 0 Å². The molecule has 0 atom stereocenters. The Labute approximate surface area is 200 Å². The number of rotatable bonds is 16. The minimum absolute atomic E-state index is 0. The summed E-state index contributed by atoms with van der Waals surface area (Å²) in [5, 5.41) is 0. The van der Waals surface area contributed by atoms with Gasteiger partial charge in [-0.1, -0.05) is 71.6 Å². The van der Waals surface area contributed by atoms with Crippen LogP contribution in [-0.2, 0) is 10.1 Å². The van der Waals surface area contributed by atoms with Crippen LogP contribution in [-0.4, -0.2) is 42.5 Å². The Morgan fingerprint density at radius 3 is 1.90 bits per heavy atom. The second kappa shape index (κ2) is 17.4. The number of hydrogen-bond donors (Lipinski definition) is 1.